The van der Waals surface area contributed by atoms with Crippen molar-refractivity contribution < 1.29 is 14.3 Å². The Hall–Kier alpha value is -4.13. The molecule has 1 aliphatic rings. The first-order valence-corrected chi connectivity index (χ1v) is 12.8. The number of amides is 2. The fourth-order valence-corrected chi connectivity index (χ4v) is 4.89. The third kappa shape index (κ3) is 5.35. The number of pyridine rings is 1. The van der Waals surface area contributed by atoms with Crippen LogP contribution in [0.25, 0.3) is 10.9 Å². The Morgan fingerprint density at radius 3 is 2.68 bits per heavy atom. The van der Waals surface area contributed by atoms with E-state index in [-0.39, 0.29) is 11.8 Å². The summed E-state index contributed by atoms with van der Waals surface area (Å²) >= 11 is 0. The molecule has 1 aliphatic heterocycles. The molecule has 190 valence electrons. The van der Waals surface area contributed by atoms with E-state index in [0.717, 1.165) is 52.0 Å². The Bertz CT molecular complexity index is 1400. The Kier molecular flexibility index (Phi) is 7.21. The second-order valence-electron chi connectivity index (χ2n) is 9.59. The van der Waals surface area contributed by atoms with Gasteiger partial charge < -0.3 is 19.9 Å². The van der Waals surface area contributed by atoms with Gasteiger partial charge in [-0.2, -0.15) is 0 Å². The topological polar surface area (TPSA) is 87.3 Å². The molecule has 1 fully saturated rings. The molecule has 1 atom stereocenters. The van der Waals surface area contributed by atoms with Crippen LogP contribution >= 0.6 is 0 Å². The highest BCUT2D eigenvalue weighted by atomic mass is 16.5. The fourth-order valence-electron chi connectivity index (χ4n) is 4.89. The maximum Gasteiger partial charge on any atom is 0.256 e. The van der Waals surface area contributed by atoms with E-state index in [1.54, 1.807) is 11.1 Å². The Morgan fingerprint density at radius 2 is 1.89 bits per heavy atom. The zero-order valence-electron chi connectivity index (χ0n) is 21.3. The maximum atomic E-state index is 14.1. The molecule has 0 spiro atoms. The van der Waals surface area contributed by atoms with Crippen molar-refractivity contribution in [2.24, 2.45) is 0 Å². The lowest BCUT2D eigenvalue weighted by Crippen LogP contribution is -2.48. The van der Waals surface area contributed by atoms with Crippen molar-refractivity contribution in [3.63, 3.8) is 0 Å². The van der Waals surface area contributed by atoms with E-state index in [1.165, 1.54) is 0 Å². The summed E-state index contributed by atoms with van der Waals surface area (Å²) in [5.41, 5.74) is 5.36. The number of aromatic amines is 1. The number of hydrogen-bond donors (Lipinski definition) is 2. The predicted octanol–water partition coefficient (Wildman–Crippen LogP) is 5.07. The van der Waals surface area contributed by atoms with Crippen LogP contribution < -0.4 is 10.1 Å². The van der Waals surface area contributed by atoms with Crippen molar-refractivity contribution in [2.45, 2.75) is 52.3 Å². The Balaban J connectivity index is 1.41. The molecule has 3 heterocycles. The summed E-state index contributed by atoms with van der Waals surface area (Å²) in [5.74, 6) is 0.484. The minimum absolute atomic E-state index is 0.0906. The molecular weight excluding hydrogens is 464 g/mol. The first kappa shape index (κ1) is 24.6. The van der Waals surface area contributed by atoms with E-state index >= 15 is 0 Å². The number of ether oxygens (including phenoxy) is 1. The SMILES string of the molecule is Cc1[nH]c2c(C(=O)N(Cc3ccc(OCc4ccccn4)cc3)[C@H]3CCCCNC3=O)cccc2c1C. The van der Waals surface area contributed by atoms with Crippen LogP contribution in [0.1, 0.15) is 52.1 Å². The average Bonchev–Trinajstić information content (AvgIpc) is 3.07. The number of benzene rings is 2. The van der Waals surface area contributed by atoms with Gasteiger partial charge in [0.1, 0.15) is 18.4 Å². The summed E-state index contributed by atoms with van der Waals surface area (Å²) in [5, 5.41) is 4.02. The number of H-pyrrole nitrogens is 1. The number of aromatic nitrogens is 2. The normalized spacial score (nSPS) is 15.7. The summed E-state index contributed by atoms with van der Waals surface area (Å²) in [7, 11) is 0. The van der Waals surface area contributed by atoms with Crippen molar-refractivity contribution >= 4 is 22.7 Å². The number of aryl methyl sites for hydroxylation is 2. The van der Waals surface area contributed by atoms with Crippen LogP contribution in [0.2, 0.25) is 0 Å². The molecule has 2 aromatic heterocycles. The highest BCUT2D eigenvalue weighted by Gasteiger charge is 2.32. The smallest absolute Gasteiger partial charge is 0.256 e. The summed E-state index contributed by atoms with van der Waals surface area (Å²) < 4.78 is 5.87. The molecule has 4 aromatic rings. The van der Waals surface area contributed by atoms with Gasteiger partial charge in [-0.3, -0.25) is 14.6 Å². The molecule has 2 amide bonds. The Labute approximate surface area is 216 Å². The van der Waals surface area contributed by atoms with E-state index in [9.17, 15) is 9.59 Å². The number of fused-ring (bicyclic) bond motifs is 1. The first-order chi connectivity index (χ1) is 18.0. The van der Waals surface area contributed by atoms with E-state index in [0.29, 0.717) is 31.7 Å². The van der Waals surface area contributed by atoms with Crippen LogP contribution in [0.4, 0.5) is 0 Å². The number of para-hydroxylation sites is 1. The first-order valence-electron chi connectivity index (χ1n) is 12.8. The van der Waals surface area contributed by atoms with E-state index < -0.39 is 6.04 Å². The molecule has 5 rings (SSSR count). The number of nitrogens with zero attached hydrogens (tertiary/aromatic N) is 2. The minimum atomic E-state index is -0.525. The van der Waals surface area contributed by atoms with Gasteiger partial charge in [-0.25, -0.2) is 0 Å². The van der Waals surface area contributed by atoms with Gasteiger partial charge in [0.2, 0.25) is 5.91 Å². The van der Waals surface area contributed by atoms with Crippen LogP contribution in [-0.2, 0) is 17.9 Å². The monoisotopic (exact) mass is 496 g/mol. The van der Waals surface area contributed by atoms with Crippen molar-refractivity contribution in [1.29, 1.82) is 0 Å². The summed E-state index contributed by atoms with van der Waals surface area (Å²) in [4.78, 5) is 36.5. The third-order valence-corrected chi connectivity index (χ3v) is 7.11. The van der Waals surface area contributed by atoms with Crippen LogP contribution in [0.3, 0.4) is 0 Å². The van der Waals surface area contributed by atoms with Gasteiger partial charge in [-0.05, 0) is 74.6 Å². The quantitative estimate of drug-likeness (QED) is 0.374. The molecule has 2 aromatic carbocycles. The second-order valence-corrected chi connectivity index (χ2v) is 9.59. The van der Waals surface area contributed by atoms with E-state index in [2.05, 4.69) is 22.2 Å². The zero-order chi connectivity index (χ0) is 25.8. The van der Waals surface area contributed by atoms with Gasteiger partial charge >= 0.3 is 0 Å². The van der Waals surface area contributed by atoms with Gasteiger partial charge in [0.15, 0.2) is 0 Å². The second kappa shape index (κ2) is 10.9. The van der Waals surface area contributed by atoms with Crippen LogP contribution in [0.15, 0.2) is 66.9 Å². The molecule has 1 saturated heterocycles. The van der Waals surface area contributed by atoms with E-state index in [4.69, 9.17) is 4.74 Å². The fraction of sp³-hybridized carbons (Fsp3) is 0.300. The number of hydrogen-bond acceptors (Lipinski definition) is 4. The summed E-state index contributed by atoms with van der Waals surface area (Å²) in [6, 6.07) is 18.7. The van der Waals surface area contributed by atoms with Crippen LogP contribution in [0, 0.1) is 13.8 Å². The van der Waals surface area contributed by atoms with E-state index in [1.807, 2.05) is 67.6 Å². The molecule has 0 bridgehead atoms. The Morgan fingerprint density at radius 1 is 1.05 bits per heavy atom. The lowest BCUT2D eigenvalue weighted by atomic mass is 10.0. The minimum Gasteiger partial charge on any atom is -0.487 e. The molecule has 37 heavy (non-hydrogen) atoms. The molecule has 0 radical (unpaired) electrons. The standard InChI is InChI=1S/C30H32N4O3/c1-20-21(2)33-28-25(20)9-7-10-26(28)30(36)34(27-11-4-6-17-32-29(27)35)18-22-12-14-24(15-13-22)37-19-23-8-3-5-16-31-23/h3,5,7-10,12-16,27,33H,4,6,11,17-19H2,1-2H3,(H,32,35)/t27-/m0/s1. The number of rotatable bonds is 7. The molecule has 0 aliphatic carbocycles. The lowest BCUT2D eigenvalue weighted by molar-refractivity contribution is -0.125. The zero-order valence-corrected chi connectivity index (χ0v) is 21.3. The van der Waals surface area contributed by atoms with Gasteiger partial charge in [-0.15, -0.1) is 0 Å². The predicted molar refractivity (Wildman–Crippen MR) is 143 cm³/mol. The molecule has 0 saturated carbocycles. The van der Waals surface area contributed by atoms with Crippen molar-refractivity contribution in [2.75, 3.05) is 6.54 Å². The summed E-state index contributed by atoms with van der Waals surface area (Å²) in [6.45, 7) is 5.41. The molecular formula is C30H32N4O3. The highest BCUT2D eigenvalue weighted by Crippen LogP contribution is 2.27. The van der Waals surface area contributed by atoms with Gasteiger partial charge in [0, 0.05) is 30.4 Å². The maximum absolute atomic E-state index is 14.1. The van der Waals surface area contributed by atoms with Crippen LogP contribution in [-0.4, -0.2) is 39.3 Å². The lowest BCUT2D eigenvalue weighted by Gasteiger charge is -2.30. The average molecular weight is 497 g/mol. The number of carbonyl (C=O) groups is 2. The van der Waals surface area contributed by atoms with Gasteiger partial charge in [-0.1, -0.05) is 30.3 Å². The van der Waals surface area contributed by atoms with Crippen molar-refractivity contribution in [3.8, 4) is 5.75 Å². The molecule has 0 unspecified atom stereocenters. The molecule has 7 heteroatoms. The van der Waals surface area contributed by atoms with Gasteiger partial charge in [0.05, 0.1) is 16.8 Å². The summed E-state index contributed by atoms with van der Waals surface area (Å²) in [6.07, 6.45) is 4.19. The van der Waals surface area contributed by atoms with Crippen molar-refractivity contribution in [1.82, 2.24) is 20.2 Å². The third-order valence-electron chi connectivity index (χ3n) is 7.11. The largest absolute Gasteiger partial charge is 0.487 e. The van der Waals surface area contributed by atoms with Crippen molar-refractivity contribution in [3.05, 3.63) is 94.9 Å². The number of nitrogens with one attached hydrogen (secondary N) is 2. The molecule has 2 N–H and O–H groups in total. The highest BCUT2D eigenvalue weighted by molar-refractivity contribution is 6.07. The number of carbonyl (C=O) groups excluding carboxylic acids is 2. The van der Waals surface area contributed by atoms with Crippen LogP contribution in [0.5, 0.6) is 5.75 Å². The van der Waals surface area contributed by atoms with Gasteiger partial charge in [0.25, 0.3) is 5.91 Å². The molecule has 7 nitrogen and oxygen atoms in total.